The van der Waals surface area contributed by atoms with E-state index in [1.54, 1.807) is 42.7 Å². The molecule has 1 saturated heterocycles. The van der Waals surface area contributed by atoms with E-state index in [4.69, 9.17) is 4.74 Å². The van der Waals surface area contributed by atoms with Gasteiger partial charge in [-0.1, -0.05) is 12.1 Å². The van der Waals surface area contributed by atoms with Gasteiger partial charge in [-0.05, 0) is 53.7 Å². The molecule has 0 aliphatic carbocycles. The Morgan fingerprint density at radius 1 is 1.03 bits per heavy atom. The lowest BCUT2D eigenvalue weighted by Crippen LogP contribution is -2.18. The van der Waals surface area contributed by atoms with Crippen molar-refractivity contribution in [1.29, 1.82) is 0 Å². The average molecular weight is 410 g/mol. The largest absolute Gasteiger partial charge is 0.424 e. The van der Waals surface area contributed by atoms with Gasteiger partial charge in [0.15, 0.2) is 11.6 Å². The standard InChI is InChI=1S/C20H12F2N4O2S/c21-15-6-5-13(11-16(15)22)25-18-17(29-20(27)26-18)10-12-3-1-4-14(9-12)28-19-23-7-2-8-24-19/h1-11H,(H,25,26,27)/b17-10-. The summed E-state index contributed by atoms with van der Waals surface area (Å²) < 4.78 is 32.1. The molecule has 1 amide bonds. The van der Waals surface area contributed by atoms with Gasteiger partial charge in [0, 0.05) is 18.5 Å². The number of hydrogen-bond acceptors (Lipinski definition) is 6. The molecule has 2 aromatic carbocycles. The molecule has 0 atom stereocenters. The van der Waals surface area contributed by atoms with Gasteiger partial charge in [0.25, 0.3) is 5.24 Å². The number of nitrogens with zero attached hydrogens (tertiary/aromatic N) is 3. The first kappa shape index (κ1) is 18.8. The van der Waals surface area contributed by atoms with Crippen LogP contribution in [0, 0.1) is 11.6 Å². The second-order valence-electron chi connectivity index (χ2n) is 5.79. The molecule has 1 aliphatic rings. The third-order valence-corrected chi connectivity index (χ3v) is 4.53. The van der Waals surface area contributed by atoms with Crippen LogP contribution in [0.5, 0.6) is 11.8 Å². The molecule has 6 nitrogen and oxygen atoms in total. The Bertz CT molecular complexity index is 1140. The van der Waals surface area contributed by atoms with Gasteiger partial charge < -0.3 is 10.1 Å². The zero-order chi connectivity index (χ0) is 20.2. The normalized spacial score (nSPS) is 16.3. The van der Waals surface area contributed by atoms with E-state index in [1.807, 2.05) is 6.07 Å². The van der Waals surface area contributed by atoms with Gasteiger partial charge in [-0.3, -0.25) is 4.79 Å². The second kappa shape index (κ2) is 8.19. The molecule has 1 aliphatic heterocycles. The molecule has 1 aromatic heterocycles. The van der Waals surface area contributed by atoms with E-state index in [0.717, 1.165) is 29.5 Å². The minimum absolute atomic E-state index is 0.186. The smallest absolute Gasteiger partial charge is 0.321 e. The van der Waals surface area contributed by atoms with Crippen LogP contribution < -0.4 is 10.1 Å². The number of carbonyl (C=O) groups excluding carboxylic acids is 1. The molecule has 9 heteroatoms. The first-order valence-corrected chi connectivity index (χ1v) is 9.18. The van der Waals surface area contributed by atoms with Crippen molar-refractivity contribution in [2.75, 3.05) is 0 Å². The van der Waals surface area contributed by atoms with Crippen molar-refractivity contribution < 1.29 is 18.3 Å². The maximum absolute atomic E-state index is 13.4. The quantitative estimate of drug-likeness (QED) is 0.650. The third kappa shape index (κ3) is 4.64. The Kier molecular flexibility index (Phi) is 5.30. The molecule has 144 valence electrons. The van der Waals surface area contributed by atoms with Crippen LogP contribution >= 0.6 is 11.8 Å². The number of hydrogen-bond donors (Lipinski definition) is 1. The van der Waals surface area contributed by atoms with Crippen LogP contribution in [0.3, 0.4) is 0 Å². The van der Waals surface area contributed by atoms with Crippen molar-refractivity contribution in [3.8, 4) is 11.8 Å². The Labute approximate surface area is 168 Å². The van der Waals surface area contributed by atoms with Crippen LogP contribution in [0.25, 0.3) is 6.08 Å². The van der Waals surface area contributed by atoms with Gasteiger partial charge in [0.05, 0.1) is 10.6 Å². The Hall–Kier alpha value is -3.59. The number of thioether (sulfide) groups is 1. The third-order valence-electron chi connectivity index (χ3n) is 3.71. The summed E-state index contributed by atoms with van der Waals surface area (Å²) in [5, 5.41) is 2.28. The molecular formula is C20H12F2N4O2S. The van der Waals surface area contributed by atoms with Crippen LogP contribution in [0.4, 0.5) is 19.3 Å². The molecule has 29 heavy (non-hydrogen) atoms. The number of amides is 1. The van der Waals surface area contributed by atoms with E-state index in [9.17, 15) is 13.6 Å². The number of aliphatic imine (C=N–C) groups is 1. The van der Waals surface area contributed by atoms with E-state index in [0.29, 0.717) is 10.7 Å². The summed E-state index contributed by atoms with van der Waals surface area (Å²) in [5.41, 5.74) is 0.932. The van der Waals surface area contributed by atoms with Crippen LogP contribution in [-0.4, -0.2) is 21.0 Å². The number of benzene rings is 2. The van der Waals surface area contributed by atoms with Gasteiger partial charge in [0.2, 0.25) is 0 Å². The Morgan fingerprint density at radius 2 is 1.86 bits per heavy atom. The summed E-state index contributed by atoms with van der Waals surface area (Å²) in [6, 6.07) is 12.3. The highest BCUT2D eigenvalue weighted by molar-refractivity contribution is 8.18. The number of halogens is 2. The highest BCUT2D eigenvalue weighted by Crippen LogP contribution is 2.30. The van der Waals surface area contributed by atoms with E-state index in [1.165, 1.54) is 6.07 Å². The number of carbonyl (C=O) groups is 1. The van der Waals surface area contributed by atoms with Crippen molar-refractivity contribution in [2.45, 2.75) is 0 Å². The predicted molar refractivity (Wildman–Crippen MR) is 106 cm³/mol. The molecule has 1 fully saturated rings. The second-order valence-corrected chi connectivity index (χ2v) is 6.80. The predicted octanol–water partition coefficient (Wildman–Crippen LogP) is 5.07. The van der Waals surface area contributed by atoms with Crippen LogP contribution in [0.15, 0.2) is 70.8 Å². The molecule has 3 aromatic rings. The van der Waals surface area contributed by atoms with Gasteiger partial charge in [-0.15, -0.1) is 0 Å². The highest BCUT2D eigenvalue weighted by atomic mass is 32.2. The fourth-order valence-corrected chi connectivity index (χ4v) is 3.20. The van der Waals surface area contributed by atoms with E-state index in [-0.39, 0.29) is 22.8 Å². The fourth-order valence-electron chi connectivity index (χ4n) is 2.46. The summed E-state index contributed by atoms with van der Waals surface area (Å²) in [7, 11) is 0. The summed E-state index contributed by atoms with van der Waals surface area (Å²) in [4.78, 5) is 24.6. The van der Waals surface area contributed by atoms with Crippen LogP contribution in [0.1, 0.15) is 5.56 Å². The number of rotatable bonds is 4. The van der Waals surface area contributed by atoms with Gasteiger partial charge in [-0.25, -0.2) is 23.7 Å². The monoisotopic (exact) mass is 410 g/mol. The van der Waals surface area contributed by atoms with Crippen LogP contribution in [-0.2, 0) is 0 Å². The number of amidine groups is 1. The summed E-state index contributed by atoms with van der Waals surface area (Å²) in [5.74, 6) is -1.20. The highest BCUT2D eigenvalue weighted by Gasteiger charge is 2.23. The zero-order valence-corrected chi connectivity index (χ0v) is 15.5. The molecule has 0 radical (unpaired) electrons. The van der Waals surface area contributed by atoms with Crippen molar-refractivity contribution in [3.05, 3.63) is 83.0 Å². The fraction of sp³-hybridized carbons (Fsp3) is 0. The summed E-state index contributed by atoms with van der Waals surface area (Å²) in [6.45, 7) is 0. The number of nitrogens with one attached hydrogen (secondary N) is 1. The van der Waals surface area contributed by atoms with Crippen molar-refractivity contribution >= 4 is 34.6 Å². The van der Waals surface area contributed by atoms with E-state index < -0.39 is 11.6 Å². The molecule has 0 unspecified atom stereocenters. The van der Waals surface area contributed by atoms with Gasteiger partial charge >= 0.3 is 6.01 Å². The van der Waals surface area contributed by atoms with Gasteiger partial charge in [0.1, 0.15) is 11.6 Å². The summed E-state index contributed by atoms with van der Waals surface area (Å²) >= 11 is 0.952. The molecule has 0 saturated carbocycles. The zero-order valence-electron chi connectivity index (χ0n) is 14.7. The SMILES string of the molecule is O=C1NC(=Nc2ccc(F)c(F)c2)/C(=C/c2cccc(Oc3ncccn3)c2)S1. The Morgan fingerprint density at radius 3 is 2.66 bits per heavy atom. The van der Waals surface area contributed by atoms with Crippen LogP contribution in [0.2, 0.25) is 0 Å². The van der Waals surface area contributed by atoms with E-state index in [2.05, 4.69) is 20.3 Å². The van der Waals surface area contributed by atoms with Crippen molar-refractivity contribution in [1.82, 2.24) is 15.3 Å². The number of ether oxygens (including phenoxy) is 1. The Balaban J connectivity index is 1.62. The molecule has 2 heterocycles. The summed E-state index contributed by atoms with van der Waals surface area (Å²) in [6.07, 6.45) is 4.88. The lowest BCUT2D eigenvalue weighted by Gasteiger charge is -2.04. The minimum atomic E-state index is -1.01. The molecular weight excluding hydrogens is 398 g/mol. The molecule has 1 N–H and O–H groups in total. The molecule has 0 spiro atoms. The van der Waals surface area contributed by atoms with Crippen molar-refractivity contribution in [2.24, 2.45) is 4.99 Å². The van der Waals surface area contributed by atoms with Crippen molar-refractivity contribution in [3.63, 3.8) is 0 Å². The lowest BCUT2D eigenvalue weighted by atomic mass is 10.2. The molecule has 4 rings (SSSR count). The number of aromatic nitrogens is 2. The maximum atomic E-state index is 13.4. The molecule has 0 bridgehead atoms. The topological polar surface area (TPSA) is 76.5 Å². The lowest BCUT2D eigenvalue weighted by molar-refractivity contribution is 0.265. The average Bonchev–Trinajstić information content (AvgIpc) is 3.04. The first-order valence-electron chi connectivity index (χ1n) is 8.36. The minimum Gasteiger partial charge on any atom is -0.424 e. The first-order chi connectivity index (χ1) is 14.1. The van der Waals surface area contributed by atoms with E-state index >= 15 is 0 Å². The van der Waals surface area contributed by atoms with Gasteiger partial charge in [-0.2, -0.15) is 0 Å². The maximum Gasteiger partial charge on any atom is 0.321 e.